The maximum absolute atomic E-state index is 10.0. The van der Waals surface area contributed by atoms with E-state index in [1.54, 1.807) is 0 Å². The number of β-amino-alcohol motifs (C(OH)–C–C–N with tert-alkyl or cyclic N) is 1. The van der Waals surface area contributed by atoms with Crippen LogP contribution >= 0.6 is 0 Å². The van der Waals surface area contributed by atoms with Gasteiger partial charge in [0.1, 0.15) is 12.2 Å². The van der Waals surface area contributed by atoms with Gasteiger partial charge in [0.15, 0.2) is 0 Å². The van der Waals surface area contributed by atoms with Gasteiger partial charge in [0.25, 0.3) is 0 Å². The van der Waals surface area contributed by atoms with E-state index in [-0.39, 0.29) is 13.2 Å². The minimum Gasteiger partial charge on any atom is -0.395 e. The Labute approximate surface area is 178 Å². The number of hydrogen-bond donors (Lipinski definition) is 4. The largest absolute Gasteiger partial charge is 0.395 e. The van der Waals surface area contributed by atoms with Crippen molar-refractivity contribution in [2.45, 2.75) is 50.2 Å². The van der Waals surface area contributed by atoms with Crippen LogP contribution in [-0.2, 0) is 11.3 Å². The molecule has 1 heterocycles. The highest BCUT2D eigenvalue weighted by molar-refractivity contribution is 5.63. The summed E-state index contributed by atoms with van der Waals surface area (Å²) in [5, 5.41) is 39.1. The molecule has 4 N–H and O–H groups in total. The minimum atomic E-state index is -1.20. The molecule has 6 heteroatoms. The molecule has 3 rings (SSSR count). The molecule has 1 unspecified atom stereocenters. The standard InChI is InChI=1S/C24H33NO5/c26-16-21-23(28)24(29)22(27)15-25(21)13-5-2-6-14-30-17-18-9-11-20(12-10-18)19-7-3-1-4-8-19/h1,3-4,7-12,21-24,26-29H,2,5-6,13-17H2/t21-,22-,23+,24?/m0/s1. The van der Waals surface area contributed by atoms with Crippen LogP contribution in [0.4, 0.5) is 0 Å². The van der Waals surface area contributed by atoms with Gasteiger partial charge in [-0.1, -0.05) is 54.6 Å². The zero-order valence-corrected chi connectivity index (χ0v) is 17.3. The average Bonchev–Trinajstić information content (AvgIpc) is 2.78. The van der Waals surface area contributed by atoms with Gasteiger partial charge in [0.05, 0.1) is 25.4 Å². The fourth-order valence-electron chi connectivity index (χ4n) is 3.95. The molecule has 4 atom stereocenters. The second-order valence-corrected chi connectivity index (χ2v) is 7.97. The lowest BCUT2D eigenvalue weighted by Crippen LogP contribution is -2.62. The Bertz CT molecular complexity index is 739. The zero-order chi connectivity index (χ0) is 21.3. The predicted molar refractivity (Wildman–Crippen MR) is 116 cm³/mol. The van der Waals surface area contributed by atoms with Crippen LogP contribution in [0.2, 0.25) is 0 Å². The van der Waals surface area contributed by atoms with Gasteiger partial charge in [0, 0.05) is 13.2 Å². The predicted octanol–water partition coefficient (Wildman–Crippen LogP) is 1.80. The second kappa shape index (κ2) is 11.6. The molecule has 0 saturated carbocycles. The first-order chi connectivity index (χ1) is 14.6. The third-order valence-electron chi connectivity index (χ3n) is 5.78. The van der Waals surface area contributed by atoms with E-state index >= 15 is 0 Å². The van der Waals surface area contributed by atoms with Crippen molar-refractivity contribution in [1.29, 1.82) is 0 Å². The molecular weight excluding hydrogens is 382 g/mol. The van der Waals surface area contributed by atoms with Gasteiger partial charge in [-0.2, -0.15) is 0 Å². The summed E-state index contributed by atoms with van der Waals surface area (Å²) in [6.45, 7) is 1.95. The van der Waals surface area contributed by atoms with Crippen molar-refractivity contribution < 1.29 is 25.2 Å². The lowest BCUT2D eigenvalue weighted by Gasteiger charge is -2.43. The van der Waals surface area contributed by atoms with Crippen LogP contribution in [0.1, 0.15) is 24.8 Å². The van der Waals surface area contributed by atoms with Gasteiger partial charge < -0.3 is 25.2 Å². The van der Waals surface area contributed by atoms with Gasteiger partial charge in [-0.3, -0.25) is 4.90 Å². The molecule has 164 valence electrons. The molecule has 0 spiro atoms. The van der Waals surface area contributed by atoms with Gasteiger partial charge in [-0.05, 0) is 42.5 Å². The first kappa shape index (κ1) is 22.9. The summed E-state index contributed by atoms with van der Waals surface area (Å²) in [5.41, 5.74) is 3.55. The van der Waals surface area contributed by atoms with Crippen LogP contribution in [0.3, 0.4) is 0 Å². The second-order valence-electron chi connectivity index (χ2n) is 7.97. The number of aliphatic hydroxyl groups is 4. The lowest BCUT2D eigenvalue weighted by molar-refractivity contribution is -0.145. The van der Waals surface area contributed by atoms with Gasteiger partial charge in [-0.15, -0.1) is 0 Å². The molecule has 2 aromatic carbocycles. The first-order valence-electron chi connectivity index (χ1n) is 10.7. The van der Waals surface area contributed by atoms with E-state index in [9.17, 15) is 20.4 Å². The van der Waals surface area contributed by atoms with E-state index in [2.05, 4.69) is 36.4 Å². The summed E-state index contributed by atoms with van der Waals surface area (Å²) in [6, 6.07) is 18.2. The number of piperidine rings is 1. The molecule has 0 aliphatic carbocycles. The smallest absolute Gasteiger partial charge is 0.109 e. The van der Waals surface area contributed by atoms with E-state index in [1.165, 1.54) is 11.1 Å². The fourth-order valence-corrected chi connectivity index (χ4v) is 3.95. The van der Waals surface area contributed by atoms with Gasteiger partial charge >= 0.3 is 0 Å². The van der Waals surface area contributed by atoms with E-state index in [0.717, 1.165) is 24.8 Å². The molecule has 0 amide bonds. The molecular formula is C24H33NO5. The number of unbranched alkanes of at least 4 members (excludes halogenated alkanes) is 2. The molecule has 1 fully saturated rings. The van der Waals surface area contributed by atoms with Crippen LogP contribution in [0.5, 0.6) is 0 Å². The molecule has 2 aromatic rings. The van der Waals surface area contributed by atoms with Crippen molar-refractivity contribution in [3.05, 3.63) is 60.2 Å². The van der Waals surface area contributed by atoms with Crippen LogP contribution in [-0.4, -0.2) is 76.0 Å². The lowest BCUT2D eigenvalue weighted by atomic mass is 9.94. The molecule has 0 aromatic heterocycles. The van der Waals surface area contributed by atoms with E-state index in [1.807, 2.05) is 23.1 Å². The van der Waals surface area contributed by atoms with E-state index < -0.39 is 24.4 Å². The monoisotopic (exact) mass is 415 g/mol. The van der Waals surface area contributed by atoms with Gasteiger partial charge in [0.2, 0.25) is 0 Å². The topological polar surface area (TPSA) is 93.4 Å². The number of nitrogens with zero attached hydrogens (tertiary/aromatic N) is 1. The Hall–Kier alpha value is -1.80. The van der Waals surface area contributed by atoms with E-state index in [4.69, 9.17) is 4.74 Å². The number of hydrogen-bond acceptors (Lipinski definition) is 6. The summed E-state index contributed by atoms with van der Waals surface area (Å²) in [6.07, 6.45) is -0.561. The minimum absolute atomic E-state index is 0.239. The highest BCUT2D eigenvalue weighted by Crippen LogP contribution is 2.20. The summed E-state index contributed by atoms with van der Waals surface area (Å²) < 4.78 is 5.78. The highest BCUT2D eigenvalue weighted by Gasteiger charge is 2.40. The summed E-state index contributed by atoms with van der Waals surface area (Å²) in [7, 11) is 0. The average molecular weight is 416 g/mol. The van der Waals surface area contributed by atoms with Crippen LogP contribution < -0.4 is 0 Å². The Morgan fingerprint density at radius 1 is 0.833 bits per heavy atom. The molecule has 0 bridgehead atoms. The van der Waals surface area contributed by atoms with Crippen molar-refractivity contribution in [1.82, 2.24) is 4.90 Å². The number of rotatable bonds is 10. The Balaban J connectivity index is 1.31. The first-order valence-corrected chi connectivity index (χ1v) is 10.7. The Kier molecular flexibility index (Phi) is 8.81. The molecule has 30 heavy (non-hydrogen) atoms. The number of ether oxygens (including phenoxy) is 1. The van der Waals surface area contributed by atoms with Crippen molar-refractivity contribution >= 4 is 0 Å². The third kappa shape index (κ3) is 6.11. The SMILES string of the molecule is OC[C@H]1[C@@H](O)C(O)[C@@H](O)CN1CCCCCOCc1ccc(-c2ccccc2)cc1. The molecule has 1 saturated heterocycles. The van der Waals surface area contributed by atoms with E-state index in [0.29, 0.717) is 19.8 Å². The summed E-state index contributed by atoms with van der Waals surface area (Å²) in [5.74, 6) is 0. The quantitative estimate of drug-likeness (QED) is 0.442. The van der Waals surface area contributed by atoms with Crippen molar-refractivity contribution in [2.75, 3.05) is 26.3 Å². The molecule has 1 aliphatic rings. The third-order valence-corrected chi connectivity index (χ3v) is 5.78. The van der Waals surface area contributed by atoms with Crippen molar-refractivity contribution in [3.63, 3.8) is 0 Å². The van der Waals surface area contributed by atoms with Gasteiger partial charge in [-0.25, -0.2) is 0 Å². The number of aliphatic hydroxyl groups excluding tert-OH is 4. The van der Waals surface area contributed by atoms with Crippen LogP contribution in [0.15, 0.2) is 54.6 Å². The Morgan fingerprint density at radius 2 is 1.53 bits per heavy atom. The number of benzene rings is 2. The van der Waals surface area contributed by atoms with Crippen molar-refractivity contribution in [3.8, 4) is 11.1 Å². The number of likely N-dealkylation sites (tertiary alicyclic amines) is 1. The maximum atomic E-state index is 10.0. The van der Waals surface area contributed by atoms with Crippen LogP contribution in [0.25, 0.3) is 11.1 Å². The molecule has 6 nitrogen and oxygen atoms in total. The van der Waals surface area contributed by atoms with Crippen molar-refractivity contribution in [2.24, 2.45) is 0 Å². The summed E-state index contributed by atoms with van der Waals surface area (Å²) >= 11 is 0. The van der Waals surface area contributed by atoms with Crippen LogP contribution in [0, 0.1) is 0 Å². The zero-order valence-electron chi connectivity index (χ0n) is 17.3. The maximum Gasteiger partial charge on any atom is 0.109 e. The summed E-state index contributed by atoms with van der Waals surface area (Å²) in [4.78, 5) is 1.86. The Morgan fingerprint density at radius 3 is 2.23 bits per heavy atom. The fraction of sp³-hybridized carbons (Fsp3) is 0.500. The normalized spacial score (nSPS) is 24.8. The highest BCUT2D eigenvalue weighted by atomic mass is 16.5. The molecule has 1 aliphatic heterocycles. The molecule has 0 radical (unpaired) electrons.